The number of aromatic nitrogens is 2. The van der Waals surface area contributed by atoms with Crippen molar-refractivity contribution in [3.8, 4) is 0 Å². The van der Waals surface area contributed by atoms with Gasteiger partial charge in [-0.15, -0.1) is 0 Å². The third-order valence-electron chi connectivity index (χ3n) is 5.31. The number of carbonyl (C=O) groups excluding carboxylic acids is 3. The van der Waals surface area contributed by atoms with Crippen LogP contribution in [-0.2, 0) is 22.7 Å². The van der Waals surface area contributed by atoms with Crippen molar-refractivity contribution >= 4 is 28.9 Å². The number of nitrogens with one attached hydrogen (secondary N) is 2. The quantitative estimate of drug-likeness (QED) is 0.576. The van der Waals surface area contributed by atoms with Crippen LogP contribution in [0.2, 0.25) is 0 Å². The number of fused-ring (bicyclic) bond motifs is 1. The summed E-state index contributed by atoms with van der Waals surface area (Å²) in [6.45, 7) is 4.55. The molecule has 3 aromatic rings. The zero-order valence-corrected chi connectivity index (χ0v) is 17.5. The van der Waals surface area contributed by atoms with Crippen LogP contribution in [0, 0.1) is 0 Å². The first kappa shape index (κ1) is 20.6. The zero-order valence-electron chi connectivity index (χ0n) is 17.5. The van der Waals surface area contributed by atoms with Crippen LogP contribution < -0.4 is 10.6 Å². The van der Waals surface area contributed by atoms with Crippen molar-refractivity contribution < 1.29 is 14.4 Å². The normalized spacial score (nSPS) is 16.2. The fourth-order valence-electron chi connectivity index (χ4n) is 3.86. The lowest BCUT2D eigenvalue weighted by Gasteiger charge is -2.14. The van der Waals surface area contributed by atoms with Gasteiger partial charge in [-0.1, -0.05) is 42.5 Å². The Kier molecular flexibility index (Phi) is 5.70. The van der Waals surface area contributed by atoms with Gasteiger partial charge < -0.3 is 15.2 Å². The van der Waals surface area contributed by atoms with Crippen LogP contribution in [0.3, 0.4) is 0 Å². The zero-order chi connectivity index (χ0) is 22.0. The molecule has 1 saturated heterocycles. The summed E-state index contributed by atoms with van der Waals surface area (Å²) in [5, 5.41) is 5.45. The lowest BCUT2D eigenvalue weighted by atomic mass is 10.1. The van der Waals surface area contributed by atoms with E-state index in [2.05, 4.69) is 34.0 Å². The van der Waals surface area contributed by atoms with Crippen LogP contribution in [-0.4, -0.2) is 38.3 Å². The van der Waals surface area contributed by atoms with Crippen molar-refractivity contribution in [2.75, 3.05) is 0 Å². The summed E-state index contributed by atoms with van der Waals surface area (Å²) >= 11 is 0. The number of hydrogen-bond donors (Lipinski definition) is 2. The predicted octanol–water partition coefficient (Wildman–Crippen LogP) is 2.74. The van der Waals surface area contributed by atoms with Gasteiger partial charge in [0.1, 0.15) is 11.9 Å². The van der Waals surface area contributed by atoms with E-state index < -0.39 is 18.0 Å². The Labute approximate surface area is 180 Å². The van der Waals surface area contributed by atoms with E-state index in [1.165, 1.54) is 0 Å². The Balaban J connectivity index is 1.38. The highest BCUT2D eigenvalue weighted by Gasteiger charge is 2.38. The fourth-order valence-corrected chi connectivity index (χ4v) is 3.86. The Morgan fingerprint density at radius 3 is 2.55 bits per heavy atom. The van der Waals surface area contributed by atoms with E-state index in [0.717, 1.165) is 27.3 Å². The Morgan fingerprint density at radius 1 is 1.10 bits per heavy atom. The summed E-state index contributed by atoms with van der Waals surface area (Å²) in [6, 6.07) is 15.9. The first-order valence-electron chi connectivity index (χ1n) is 10.3. The number of hydrogen-bond acceptors (Lipinski definition) is 4. The van der Waals surface area contributed by atoms with Crippen LogP contribution in [0.1, 0.15) is 37.7 Å². The molecule has 1 aliphatic heterocycles. The molecule has 8 nitrogen and oxygen atoms in total. The third kappa shape index (κ3) is 4.28. The molecule has 0 bridgehead atoms. The molecule has 8 heteroatoms. The third-order valence-corrected chi connectivity index (χ3v) is 5.31. The summed E-state index contributed by atoms with van der Waals surface area (Å²) in [7, 11) is 0. The number of amides is 4. The van der Waals surface area contributed by atoms with Gasteiger partial charge in [-0.2, -0.15) is 0 Å². The second-order valence-electron chi connectivity index (χ2n) is 7.87. The highest BCUT2D eigenvalue weighted by Crippen LogP contribution is 2.21. The van der Waals surface area contributed by atoms with Gasteiger partial charge >= 0.3 is 6.03 Å². The number of nitrogens with zero attached hydrogens (tertiary/aromatic N) is 3. The standard InChI is InChI=1S/C23H25N5O3/c1-15(2)28-19-11-7-6-10-17(19)25-20(28)13-24-21(29)12-18-22(30)27(23(31)26-18)14-16-8-4-3-5-9-16/h3-11,15,18H,12-14H2,1-2H3,(H,24,29)(H,26,31)/t18-/m1/s1. The van der Waals surface area contributed by atoms with Crippen LogP contribution in [0.15, 0.2) is 54.6 Å². The van der Waals surface area contributed by atoms with Gasteiger partial charge in [0.15, 0.2) is 0 Å². The molecule has 4 amide bonds. The van der Waals surface area contributed by atoms with Crippen LogP contribution >= 0.6 is 0 Å². The van der Waals surface area contributed by atoms with E-state index in [-0.39, 0.29) is 31.5 Å². The highest BCUT2D eigenvalue weighted by molar-refractivity contribution is 6.05. The Hall–Kier alpha value is -3.68. The first-order valence-corrected chi connectivity index (χ1v) is 10.3. The summed E-state index contributed by atoms with van der Waals surface area (Å²) in [4.78, 5) is 43.2. The number of imidazole rings is 1. The minimum absolute atomic E-state index is 0.113. The molecule has 0 aliphatic carbocycles. The number of benzene rings is 2. The molecule has 2 N–H and O–H groups in total. The molecule has 0 radical (unpaired) electrons. The summed E-state index contributed by atoms with van der Waals surface area (Å²) in [6.07, 6.45) is -0.113. The molecule has 1 aliphatic rings. The molecule has 1 fully saturated rings. The number of carbonyl (C=O) groups is 3. The number of rotatable bonds is 7. The van der Waals surface area contributed by atoms with Gasteiger partial charge in [0, 0.05) is 6.04 Å². The van der Waals surface area contributed by atoms with Crippen molar-refractivity contribution in [2.45, 2.75) is 45.4 Å². The maximum absolute atomic E-state index is 12.6. The minimum atomic E-state index is -0.861. The molecular weight excluding hydrogens is 394 g/mol. The number of urea groups is 1. The van der Waals surface area contributed by atoms with Gasteiger partial charge in [-0.3, -0.25) is 14.5 Å². The van der Waals surface area contributed by atoms with Crippen LogP contribution in [0.5, 0.6) is 0 Å². The number of para-hydroxylation sites is 2. The van der Waals surface area contributed by atoms with Gasteiger partial charge in [0.05, 0.1) is 30.5 Å². The monoisotopic (exact) mass is 419 g/mol. The van der Waals surface area contributed by atoms with E-state index in [0.29, 0.717) is 0 Å². The van der Waals surface area contributed by atoms with Crippen molar-refractivity contribution in [3.63, 3.8) is 0 Å². The van der Waals surface area contributed by atoms with Crippen molar-refractivity contribution in [1.29, 1.82) is 0 Å². The molecule has 160 valence electrons. The van der Waals surface area contributed by atoms with E-state index >= 15 is 0 Å². The van der Waals surface area contributed by atoms with E-state index in [1.807, 2.05) is 54.6 Å². The van der Waals surface area contributed by atoms with Gasteiger partial charge in [-0.05, 0) is 31.5 Å². The summed E-state index contributed by atoms with van der Waals surface area (Å²) in [5.41, 5.74) is 2.73. The van der Waals surface area contributed by atoms with Crippen molar-refractivity contribution in [1.82, 2.24) is 25.1 Å². The van der Waals surface area contributed by atoms with Crippen molar-refractivity contribution in [2.24, 2.45) is 0 Å². The van der Waals surface area contributed by atoms with Gasteiger partial charge in [-0.25, -0.2) is 9.78 Å². The molecule has 1 aromatic heterocycles. The Morgan fingerprint density at radius 2 is 1.81 bits per heavy atom. The number of imide groups is 1. The molecule has 0 spiro atoms. The van der Waals surface area contributed by atoms with E-state index in [1.54, 1.807) is 0 Å². The van der Waals surface area contributed by atoms with E-state index in [4.69, 9.17) is 0 Å². The lowest BCUT2D eigenvalue weighted by Crippen LogP contribution is -2.36. The SMILES string of the molecule is CC(C)n1c(CNC(=O)C[C@H]2NC(=O)N(Cc3ccccc3)C2=O)nc2ccccc21. The van der Waals surface area contributed by atoms with E-state index in [9.17, 15) is 14.4 Å². The molecule has 0 saturated carbocycles. The van der Waals surface area contributed by atoms with Crippen LogP contribution in [0.4, 0.5) is 4.79 Å². The molecule has 0 unspecified atom stereocenters. The maximum atomic E-state index is 12.6. The maximum Gasteiger partial charge on any atom is 0.325 e. The van der Waals surface area contributed by atoms with Gasteiger partial charge in [0.2, 0.25) is 5.91 Å². The second kappa shape index (κ2) is 8.59. The second-order valence-corrected chi connectivity index (χ2v) is 7.87. The largest absolute Gasteiger partial charge is 0.349 e. The average molecular weight is 419 g/mol. The smallest absolute Gasteiger partial charge is 0.325 e. The molecular formula is C23H25N5O3. The molecule has 31 heavy (non-hydrogen) atoms. The molecule has 4 rings (SSSR count). The van der Waals surface area contributed by atoms with Gasteiger partial charge in [0.25, 0.3) is 5.91 Å². The lowest BCUT2D eigenvalue weighted by molar-refractivity contribution is -0.131. The highest BCUT2D eigenvalue weighted by atomic mass is 16.2. The molecule has 2 aromatic carbocycles. The molecule has 1 atom stereocenters. The minimum Gasteiger partial charge on any atom is -0.349 e. The summed E-state index contributed by atoms with van der Waals surface area (Å²) < 4.78 is 2.08. The molecule has 2 heterocycles. The topological polar surface area (TPSA) is 96.3 Å². The fraction of sp³-hybridized carbons (Fsp3) is 0.304. The summed E-state index contributed by atoms with van der Waals surface area (Å²) in [5.74, 6) is 0.0398. The average Bonchev–Trinajstić information content (AvgIpc) is 3.25. The van der Waals surface area contributed by atoms with Crippen LogP contribution in [0.25, 0.3) is 11.0 Å². The predicted molar refractivity (Wildman–Crippen MR) is 116 cm³/mol. The van der Waals surface area contributed by atoms with Crippen molar-refractivity contribution in [3.05, 3.63) is 66.0 Å². The first-order chi connectivity index (χ1) is 14.9. The Bertz CT molecular complexity index is 1120.